The maximum Gasteiger partial charge on any atom is 0.0798 e. The van der Waals surface area contributed by atoms with Gasteiger partial charge in [-0.1, -0.05) is 48.0 Å². The number of nitrogens with zero attached hydrogens (tertiary/aromatic N) is 1. The first-order chi connectivity index (χ1) is 8.83. The topological polar surface area (TPSA) is 12.9 Å². The van der Waals surface area contributed by atoms with E-state index in [0.29, 0.717) is 5.92 Å². The van der Waals surface area contributed by atoms with Crippen LogP contribution in [0.15, 0.2) is 42.5 Å². The molecule has 1 aliphatic carbocycles. The molecule has 1 aromatic heterocycles. The fourth-order valence-electron chi connectivity index (χ4n) is 2.53. The fraction of sp³-hybridized carbons (Fsp3) is 0.188. The van der Waals surface area contributed by atoms with E-state index >= 15 is 0 Å². The minimum Gasteiger partial charge on any atom is -0.252 e. The van der Waals surface area contributed by atoms with Crippen molar-refractivity contribution in [2.24, 2.45) is 0 Å². The van der Waals surface area contributed by atoms with E-state index in [2.05, 4.69) is 36.4 Å². The van der Waals surface area contributed by atoms with Crippen LogP contribution in [0.1, 0.15) is 24.5 Å². The van der Waals surface area contributed by atoms with Gasteiger partial charge in [0.05, 0.1) is 10.5 Å². The average molecular weight is 254 g/mol. The summed E-state index contributed by atoms with van der Waals surface area (Å²) < 4.78 is 0. The number of aromatic nitrogens is 1. The van der Waals surface area contributed by atoms with Crippen LogP contribution in [0, 0.1) is 0 Å². The molecule has 1 heterocycles. The fourth-order valence-corrected chi connectivity index (χ4v) is 2.79. The Labute approximate surface area is 110 Å². The summed E-state index contributed by atoms with van der Waals surface area (Å²) in [5.74, 6) is 0.630. The molecule has 0 unspecified atom stereocenters. The second-order valence-corrected chi connectivity index (χ2v) is 5.39. The lowest BCUT2D eigenvalue weighted by Crippen LogP contribution is -1.90. The monoisotopic (exact) mass is 253 g/mol. The van der Waals surface area contributed by atoms with Crippen molar-refractivity contribution in [3.8, 4) is 0 Å². The van der Waals surface area contributed by atoms with E-state index in [1.807, 2.05) is 6.07 Å². The number of fused-ring (bicyclic) bond motifs is 3. The second kappa shape index (κ2) is 3.69. The summed E-state index contributed by atoms with van der Waals surface area (Å²) in [6, 6.07) is 14.6. The molecule has 1 saturated carbocycles. The Morgan fingerprint density at radius 2 is 1.83 bits per heavy atom. The SMILES string of the molecule is Clc1cc(C2CC2)nc2c1ccc1ccccc12. The van der Waals surface area contributed by atoms with Gasteiger partial charge in [0.1, 0.15) is 0 Å². The average Bonchev–Trinajstić information content (AvgIpc) is 3.22. The molecule has 0 N–H and O–H groups in total. The van der Waals surface area contributed by atoms with Crippen molar-refractivity contribution in [3.05, 3.63) is 53.2 Å². The van der Waals surface area contributed by atoms with Gasteiger partial charge in [-0.15, -0.1) is 0 Å². The lowest BCUT2D eigenvalue weighted by atomic mass is 10.1. The molecule has 4 rings (SSSR count). The van der Waals surface area contributed by atoms with Crippen LogP contribution >= 0.6 is 11.6 Å². The molecule has 0 radical (unpaired) electrons. The molecule has 2 heteroatoms. The summed E-state index contributed by atoms with van der Waals surface area (Å²) in [7, 11) is 0. The predicted molar refractivity (Wildman–Crippen MR) is 76.2 cm³/mol. The molecule has 1 nitrogen and oxygen atoms in total. The Bertz CT molecular complexity index is 759. The summed E-state index contributed by atoms with van der Waals surface area (Å²) in [5.41, 5.74) is 2.20. The van der Waals surface area contributed by atoms with Crippen LogP contribution in [0.3, 0.4) is 0 Å². The van der Waals surface area contributed by atoms with Gasteiger partial charge in [0.15, 0.2) is 0 Å². The second-order valence-electron chi connectivity index (χ2n) is 4.99. The van der Waals surface area contributed by atoms with Crippen molar-refractivity contribution in [1.29, 1.82) is 0 Å². The van der Waals surface area contributed by atoms with E-state index in [9.17, 15) is 0 Å². The van der Waals surface area contributed by atoms with Gasteiger partial charge >= 0.3 is 0 Å². The number of rotatable bonds is 1. The lowest BCUT2D eigenvalue weighted by molar-refractivity contribution is 1.05. The minimum atomic E-state index is 0.630. The number of pyridine rings is 1. The van der Waals surface area contributed by atoms with E-state index in [1.165, 1.54) is 23.6 Å². The largest absolute Gasteiger partial charge is 0.252 e. The quantitative estimate of drug-likeness (QED) is 0.561. The summed E-state index contributed by atoms with van der Waals surface area (Å²) in [6.45, 7) is 0. The van der Waals surface area contributed by atoms with E-state index in [0.717, 1.165) is 21.6 Å². The first kappa shape index (κ1) is 10.3. The van der Waals surface area contributed by atoms with Crippen LogP contribution in [0.4, 0.5) is 0 Å². The van der Waals surface area contributed by atoms with Gasteiger partial charge in [-0.25, -0.2) is 0 Å². The van der Waals surface area contributed by atoms with Crippen LogP contribution in [-0.2, 0) is 0 Å². The number of hydrogen-bond donors (Lipinski definition) is 0. The maximum absolute atomic E-state index is 6.39. The van der Waals surface area contributed by atoms with Crippen LogP contribution < -0.4 is 0 Å². The molecule has 0 bridgehead atoms. The van der Waals surface area contributed by atoms with Crippen LogP contribution in [-0.4, -0.2) is 4.98 Å². The summed E-state index contributed by atoms with van der Waals surface area (Å²) in [4.78, 5) is 4.84. The minimum absolute atomic E-state index is 0.630. The highest BCUT2D eigenvalue weighted by molar-refractivity contribution is 6.36. The molecule has 0 amide bonds. The maximum atomic E-state index is 6.39. The first-order valence-electron chi connectivity index (χ1n) is 6.31. The van der Waals surface area contributed by atoms with Gasteiger partial charge < -0.3 is 0 Å². The van der Waals surface area contributed by atoms with Gasteiger partial charge in [0.2, 0.25) is 0 Å². The third kappa shape index (κ3) is 1.51. The number of benzene rings is 2. The highest BCUT2D eigenvalue weighted by Crippen LogP contribution is 2.41. The molecule has 88 valence electrons. The standard InChI is InChI=1S/C16H12ClN/c17-14-9-15(11-5-6-11)18-16-12-4-2-1-3-10(12)7-8-13(14)16/h1-4,7-9,11H,5-6H2. The zero-order valence-corrected chi connectivity index (χ0v) is 10.6. The van der Waals surface area contributed by atoms with Crippen molar-refractivity contribution < 1.29 is 0 Å². The molecule has 1 fully saturated rings. The van der Waals surface area contributed by atoms with Gasteiger partial charge in [0, 0.05) is 22.4 Å². The van der Waals surface area contributed by atoms with Gasteiger partial charge in [-0.3, -0.25) is 4.98 Å². The molecule has 0 spiro atoms. The number of halogens is 1. The molecule has 0 atom stereocenters. The smallest absolute Gasteiger partial charge is 0.0798 e. The summed E-state index contributed by atoms with van der Waals surface area (Å²) in [6.07, 6.45) is 2.50. The molecular weight excluding hydrogens is 242 g/mol. The lowest BCUT2D eigenvalue weighted by Gasteiger charge is -2.07. The molecule has 1 aliphatic rings. The van der Waals surface area contributed by atoms with E-state index in [1.54, 1.807) is 0 Å². The van der Waals surface area contributed by atoms with Crippen LogP contribution in [0.5, 0.6) is 0 Å². The van der Waals surface area contributed by atoms with E-state index in [4.69, 9.17) is 16.6 Å². The van der Waals surface area contributed by atoms with Crippen molar-refractivity contribution >= 4 is 33.3 Å². The first-order valence-corrected chi connectivity index (χ1v) is 6.68. The van der Waals surface area contributed by atoms with Gasteiger partial charge in [-0.05, 0) is 24.3 Å². The summed E-state index contributed by atoms with van der Waals surface area (Å²) >= 11 is 6.39. The normalized spacial score (nSPS) is 15.4. The number of hydrogen-bond acceptors (Lipinski definition) is 1. The summed E-state index contributed by atoms with van der Waals surface area (Å²) in [5, 5.41) is 4.30. The Hall–Kier alpha value is -1.60. The van der Waals surface area contributed by atoms with E-state index < -0.39 is 0 Å². The zero-order chi connectivity index (χ0) is 12.1. The third-order valence-corrected chi connectivity index (χ3v) is 3.98. The molecule has 18 heavy (non-hydrogen) atoms. The molecule has 0 aliphatic heterocycles. The van der Waals surface area contributed by atoms with Gasteiger partial charge in [-0.2, -0.15) is 0 Å². The predicted octanol–water partition coefficient (Wildman–Crippen LogP) is 4.92. The molecule has 0 saturated heterocycles. The van der Waals surface area contributed by atoms with Crippen molar-refractivity contribution in [2.45, 2.75) is 18.8 Å². The zero-order valence-electron chi connectivity index (χ0n) is 9.86. The van der Waals surface area contributed by atoms with Crippen molar-refractivity contribution in [3.63, 3.8) is 0 Å². The van der Waals surface area contributed by atoms with Gasteiger partial charge in [0.25, 0.3) is 0 Å². The Morgan fingerprint density at radius 1 is 1.00 bits per heavy atom. The van der Waals surface area contributed by atoms with Crippen molar-refractivity contribution in [1.82, 2.24) is 4.98 Å². The molecule has 2 aromatic carbocycles. The molecule has 3 aromatic rings. The van der Waals surface area contributed by atoms with Crippen molar-refractivity contribution in [2.75, 3.05) is 0 Å². The highest BCUT2D eigenvalue weighted by Gasteiger charge is 2.26. The Balaban J connectivity index is 2.15. The van der Waals surface area contributed by atoms with Crippen LogP contribution in [0.2, 0.25) is 5.02 Å². The third-order valence-electron chi connectivity index (χ3n) is 3.67. The molecular formula is C16H12ClN. The Morgan fingerprint density at radius 3 is 2.67 bits per heavy atom. The van der Waals surface area contributed by atoms with E-state index in [-0.39, 0.29) is 0 Å². The van der Waals surface area contributed by atoms with Crippen LogP contribution in [0.25, 0.3) is 21.7 Å². The Kier molecular flexibility index (Phi) is 2.12. The highest BCUT2D eigenvalue weighted by atomic mass is 35.5.